The molecule has 1 aromatic heterocycles. The minimum Gasteiger partial charge on any atom is -0.490 e. The zero-order chi connectivity index (χ0) is 24.3. The van der Waals surface area contributed by atoms with Crippen LogP contribution in [0.3, 0.4) is 0 Å². The molecule has 184 valence electrons. The van der Waals surface area contributed by atoms with Gasteiger partial charge in [0, 0.05) is 31.8 Å². The first-order valence-electron chi connectivity index (χ1n) is 11.7. The van der Waals surface area contributed by atoms with Crippen molar-refractivity contribution in [1.82, 2.24) is 20.9 Å². The number of rotatable bonds is 8. The highest BCUT2D eigenvalue weighted by Gasteiger charge is 2.23. The summed E-state index contributed by atoms with van der Waals surface area (Å²) in [6.45, 7) is 3.02. The number of aliphatic imine (C=N–C) groups is 1. The normalized spacial score (nSPS) is 20.6. The van der Waals surface area contributed by atoms with Crippen LogP contribution in [0.5, 0.6) is 5.75 Å². The molecule has 10 heteroatoms. The summed E-state index contributed by atoms with van der Waals surface area (Å²) in [5.74, 6) is -0.333. The molecular formula is C24H32FN5O4. The number of aromatic nitrogens is 1. The van der Waals surface area contributed by atoms with Gasteiger partial charge in [-0.1, -0.05) is 18.6 Å². The van der Waals surface area contributed by atoms with Gasteiger partial charge in [-0.25, -0.2) is 24.0 Å². The molecule has 4 N–H and O–H groups in total. The molecule has 0 aromatic carbocycles. The van der Waals surface area contributed by atoms with Gasteiger partial charge in [-0.2, -0.15) is 0 Å². The van der Waals surface area contributed by atoms with Crippen molar-refractivity contribution in [2.45, 2.75) is 64.0 Å². The molecule has 0 saturated heterocycles. The number of urea groups is 1. The zero-order valence-corrected chi connectivity index (χ0v) is 19.3. The van der Waals surface area contributed by atoms with E-state index in [1.54, 1.807) is 12.1 Å². The van der Waals surface area contributed by atoms with Crippen molar-refractivity contribution in [3.05, 3.63) is 47.6 Å². The lowest BCUT2D eigenvalue weighted by Crippen LogP contribution is -2.47. The van der Waals surface area contributed by atoms with Crippen LogP contribution in [-0.2, 0) is 0 Å². The molecule has 0 bridgehead atoms. The van der Waals surface area contributed by atoms with Gasteiger partial charge in [0.15, 0.2) is 11.7 Å². The molecule has 1 heterocycles. The fourth-order valence-electron chi connectivity index (χ4n) is 3.78. The van der Waals surface area contributed by atoms with E-state index in [0.29, 0.717) is 37.6 Å². The van der Waals surface area contributed by atoms with Crippen LogP contribution in [0.25, 0.3) is 0 Å². The maximum atomic E-state index is 13.2. The molecule has 34 heavy (non-hydrogen) atoms. The van der Waals surface area contributed by atoms with Gasteiger partial charge in [0.2, 0.25) is 0 Å². The lowest BCUT2D eigenvalue weighted by Gasteiger charge is -2.27. The number of aromatic carboxylic acids is 1. The summed E-state index contributed by atoms with van der Waals surface area (Å²) in [5, 5.41) is 17.9. The Hall–Kier alpha value is -3.43. The van der Waals surface area contributed by atoms with Crippen LogP contribution >= 0.6 is 0 Å². The van der Waals surface area contributed by atoms with Crippen molar-refractivity contribution in [2.75, 3.05) is 13.1 Å². The van der Waals surface area contributed by atoms with Gasteiger partial charge in [-0.3, -0.25) is 5.32 Å². The number of ether oxygens (including phenoxy) is 1. The van der Waals surface area contributed by atoms with Crippen LogP contribution in [0.2, 0.25) is 0 Å². The van der Waals surface area contributed by atoms with Crippen LogP contribution in [0.1, 0.15) is 62.4 Å². The van der Waals surface area contributed by atoms with E-state index in [1.807, 2.05) is 6.92 Å². The monoisotopic (exact) mass is 473 g/mol. The second-order valence-corrected chi connectivity index (χ2v) is 8.38. The first-order valence-corrected chi connectivity index (χ1v) is 11.7. The summed E-state index contributed by atoms with van der Waals surface area (Å²) >= 11 is 0. The van der Waals surface area contributed by atoms with E-state index >= 15 is 0 Å². The number of halogens is 1. The number of pyridine rings is 1. The first kappa shape index (κ1) is 25.2. The van der Waals surface area contributed by atoms with Crippen molar-refractivity contribution in [1.29, 1.82) is 0 Å². The molecule has 0 spiro atoms. The Morgan fingerprint density at radius 1 is 1.21 bits per heavy atom. The minimum atomic E-state index is -1.09. The van der Waals surface area contributed by atoms with E-state index in [-0.39, 0.29) is 29.7 Å². The Morgan fingerprint density at radius 3 is 2.68 bits per heavy atom. The lowest BCUT2D eigenvalue weighted by atomic mass is 9.93. The Bertz CT molecular complexity index is 954. The molecule has 2 amide bonds. The Labute approximate surface area is 198 Å². The molecule has 0 atom stereocenters. The number of nitrogens with one attached hydrogen (secondary N) is 3. The molecule has 0 aliphatic heterocycles. The van der Waals surface area contributed by atoms with Gasteiger partial charge >= 0.3 is 12.0 Å². The van der Waals surface area contributed by atoms with Crippen molar-refractivity contribution in [3.8, 4) is 5.75 Å². The Kier molecular flexibility index (Phi) is 9.42. The minimum absolute atomic E-state index is 0.0125. The van der Waals surface area contributed by atoms with Crippen LogP contribution < -0.4 is 20.7 Å². The topological polar surface area (TPSA) is 125 Å². The standard InChI is InChI=1S/C24H32FN5O4/c1-2-12-27-24(33)30-23(28-15-16-3-5-17(25)6-4-16)29-18-7-9-19(10-8-18)34-20-11-13-26-21(14-20)22(31)32/h3,5,11,13-14,18-19H,2,4,6-10,12,15H2,1H3,(H,31,32)(H3,27,28,29,30,33). The number of hydrogen-bond donors (Lipinski definition) is 4. The second-order valence-electron chi connectivity index (χ2n) is 8.38. The lowest BCUT2D eigenvalue weighted by molar-refractivity contribution is 0.0689. The summed E-state index contributed by atoms with van der Waals surface area (Å²) in [7, 11) is 0. The molecule has 0 unspecified atom stereocenters. The smallest absolute Gasteiger partial charge is 0.354 e. The molecule has 2 aliphatic carbocycles. The number of hydrogen-bond acceptors (Lipinski definition) is 5. The number of amides is 2. The summed E-state index contributed by atoms with van der Waals surface area (Å²) in [5.41, 5.74) is 0.991. The molecule has 3 rings (SSSR count). The van der Waals surface area contributed by atoms with Gasteiger partial charge in [-0.15, -0.1) is 0 Å². The number of nitrogens with zero attached hydrogens (tertiary/aromatic N) is 2. The van der Waals surface area contributed by atoms with Gasteiger partial charge in [-0.05, 0) is 50.7 Å². The maximum absolute atomic E-state index is 13.2. The Balaban J connectivity index is 1.56. The first-order chi connectivity index (χ1) is 16.4. The van der Waals surface area contributed by atoms with E-state index in [4.69, 9.17) is 14.8 Å². The third kappa shape index (κ3) is 8.17. The highest BCUT2D eigenvalue weighted by molar-refractivity contribution is 5.96. The quantitative estimate of drug-likeness (QED) is 0.337. The van der Waals surface area contributed by atoms with Crippen molar-refractivity contribution in [2.24, 2.45) is 4.99 Å². The predicted octanol–water partition coefficient (Wildman–Crippen LogP) is 3.70. The van der Waals surface area contributed by atoms with Crippen LogP contribution in [-0.4, -0.2) is 53.3 Å². The number of carbonyl (C=O) groups is 2. The fourth-order valence-corrected chi connectivity index (χ4v) is 3.78. The van der Waals surface area contributed by atoms with Gasteiger partial charge in [0.1, 0.15) is 11.6 Å². The van der Waals surface area contributed by atoms with Gasteiger partial charge in [0.25, 0.3) is 0 Å². The van der Waals surface area contributed by atoms with Crippen molar-refractivity contribution < 1.29 is 23.8 Å². The van der Waals surface area contributed by atoms with E-state index in [1.165, 1.54) is 18.3 Å². The predicted molar refractivity (Wildman–Crippen MR) is 127 cm³/mol. The number of carbonyl (C=O) groups excluding carboxylic acids is 1. The number of carboxylic acid groups (broad SMARTS) is 1. The molecule has 0 radical (unpaired) electrons. The third-order valence-electron chi connectivity index (χ3n) is 5.64. The second kappa shape index (κ2) is 12.7. The Morgan fingerprint density at radius 2 is 2.00 bits per heavy atom. The summed E-state index contributed by atoms with van der Waals surface area (Å²) < 4.78 is 19.2. The van der Waals surface area contributed by atoms with E-state index in [2.05, 4.69) is 20.9 Å². The summed E-state index contributed by atoms with van der Waals surface area (Å²) in [6.07, 6.45) is 9.50. The highest BCUT2D eigenvalue weighted by atomic mass is 19.1. The van der Waals surface area contributed by atoms with Gasteiger partial charge < -0.3 is 20.5 Å². The molecule has 1 saturated carbocycles. The average molecular weight is 474 g/mol. The number of carboxylic acids is 1. The molecular weight excluding hydrogens is 441 g/mol. The maximum Gasteiger partial charge on any atom is 0.354 e. The fraction of sp³-hybridized carbons (Fsp3) is 0.500. The van der Waals surface area contributed by atoms with E-state index in [9.17, 15) is 14.0 Å². The summed E-state index contributed by atoms with van der Waals surface area (Å²) in [6, 6.07) is 2.77. The number of allylic oxidation sites excluding steroid dienone is 3. The van der Waals surface area contributed by atoms with Crippen LogP contribution in [0, 0.1) is 0 Å². The molecule has 1 fully saturated rings. The van der Waals surface area contributed by atoms with Crippen molar-refractivity contribution in [3.63, 3.8) is 0 Å². The largest absolute Gasteiger partial charge is 0.490 e. The van der Waals surface area contributed by atoms with Gasteiger partial charge in [0.05, 0.1) is 12.1 Å². The van der Waals surface area contributed by atoms with Crippen LogP contribution in [0.4, 0.5) is 9.18 Å². The van der Waals surface area contributed by atoms with E-state index in [0.717, 1.165) is 37.7 Å². The molecule has 9 nitrogen and oxygen atoms in total. The molecule has 1 aromatic rings. The third-order valence-corrected chi connectivity index (χ3v) is 5.64. The number of guanidine groups is 1. The SMILES string of the molecule is CCCNC(=O)N/C(=N\C1CCC(Oc2ccnc(C(=O)O)c2)CC1)NCC1=CC=C(F)CC1. The average Bonchev–Trinajstić information content (AvgIpc) is 2.83. The van der Waals surface area contributed by atoms with Crippen LogP contribution in [0.15, 0.2) is 46.9 Å². The molecule has 2 aliphatic rings. The summed E-state index contributed by atoms with van der Waals surface area (Å²) in [4.78, 5) is 31.8. The van der Waals surface area contributed by atoms with E-state index < -0.39 is 5.97 Å². The zero-order valence-electron chi connectivity index (χ0n) is 19.3. The van der Waals surface area contributed by atoms with Crippen molar-refractivity contribution >= 4 is 18.0 Å². The highest BCUT2D eigenvalue weighted by Crippen LogP contribution is 2.26.